The van der Waals surface area contributed by atoms with Gasteiger partial charge in [-0.1, -0.05) is 30.3 Å². The number of hydrogen-bond acceptors (Lipinski definition) is 6. The second kappa shape index (κ2) is 8.79. The van der Waals surface area contributed by atoms with E-state index in [2.05, 4.69) is 15.7 Å². The van der Waals surface area contributed by atoms with Gasteiger partial charge in [-0.15, -0.1) is 0 Å². The number of nitrogens with zero attached hydrogens (tertiary/aromatic N) is 2. The first kappa shape index (κ1) is 21.2. The Morgan fingerprint density at radius 3 is 2.66 bits per heavy atom. The number of para-hydroxylation sites is 2. The molecule has 1 unspecified atom stereocenters. The number of carbonyl (C=O) groups excluding carboxylic acids is 2. The molecule has 1 fully saturated rings. The maximum atomic E-state index is 13.3. The number of fused-ring (bicyclic) bond motifs is 1. The van der Waals surface area contributed by atoms with E-state index in [1.165, 1.54) is 5.01 Å². The largest absolute Gasteiger partial charge is 0.467 e. The van der Waals surface area contributed by atoms with Gasteiger partial charge in [0.1, 0.15) is 23.1 Å². The Balaban J connectivity index is 1.23. The van der Waals surface area contributed by atoms with Crippen LogP contribution in [0.1, 0.15) is 47.2 Å². The normalized spacial score (nSPS) is 17.4. The van der Waals surface area contributed by atoms with E-state index in [9.17, 15) is 9.59 Å². The van der Waals surface area contributed by atoms with Gasteiger partial charge in [0.15, 0.2) is 5.76 Å². The Morgan fingerprint density at radius 1 is 1.03 bits per heavy atom. The molecule has 6 rings (SSSR count). The van der Waals surface area contributed by atoms with E-state index in [1.807, 2.05) is 48.5 Å². The summed E-state index contributed by atoms with van der Waals surface area (Å²) in [5.41, 5.74) is 2.57. The van der Waals surface area contributed by atoms with Gasteiger partial charge < -0.3 is 19.5 Å². The predicted molar refractivity (Wildman–Crippen MR) is 131 cm³/mol. The second-order valence-electron chi connectivity index (χ2n) is 8.82. The lowest BCUT2D eigenvalue weighted by molar-refractivity contribution is -0.131. The number of amides is 2. The summed E-state index contributed by atoms with van der Waals surface area (Å²) < 4.78 is 11.6. The van der Waals surface area contributed by atoms with Gasteiger partial charge in [0, 0.05) is 23.5 Å². The Labute approximate surface area is 201 Å². The van der Waals surface area contributed by atoms with Crippen LogP contribution in [-0.2, 0) is 4.79 Å². The van der Waals surface area contributed by atoms with Crippen molar-refractivity contribution in [3.05, 3.63) is 90.1 Å². The van der Waals surface area contributed by atoms with E-state index in [0.29, 0.717) is 34.9 Å². The third-order valence-electron chi connectivity index (χ3n) is 6.26. The Bertz CT molecular complexity index is 1390. The molecule has 176 valence electrons. The Morgan fingerprint density at radius 2 is 1.86 bits per heavy atom. The summed E-state index contributed by atoms with van der Waals surface area (Å²) in [4.78, 5) is 25.9. The summed E-state index contributed by atoms with van der Waals surface area (Å²) in [5.74, 6) is 0.906. The van der Waals surface area contributed by atoms with Gasteiger partial charge in [0.2, 0.25) is 0 Å². The van der Waals surface area contributed by atoms with Crippen LogP contribution in [0.25, 0.3) is 11.0 Å². The van der Waals surface area contributed by atoms with Crippen molar-refractivity contribution in [2.24, 2.45) is 5.10 Å². The van der Waals surface area contributed by atoms with E-state index in [-0.39, 0.29) is 30.4 Å². The van der Waals surface area contributed by atoms with Crippen molar-refractivity contribution in [1.82, 2.24) is 10.3 Å². The average molecular weight is 469 g/mol. The summed E-state index contributed by atoms with van der Waals surface area (Å²) in [6.07, 6.45) is 4.08. The molecule has 35 heavy (non-hydrogen) atoms. The molecule has 8 nitrogen and oxygen atoms in total. The van der Waals surface area contributed by atoms with E-state index in [4.69, 9.17) is 8.83 Å². The summed E-state index contributed by atoms with van der Waals surface area (Å²) >= 11 is 0. The molecule has 2 aliphatic rings. The van der Waals surface area contributed by atoms with Crippen molar-refractivity contribution in [3.8, 4) is 0 Å². The molecule has 3 heterocycles. The lowest BCUT2D eigenvalue weighted by Gasteiger charge is -2.20. The zero-order valence-corrected chi connectivity index (χ0v) is 18.9. The highest BCUT2D eigenvalue weighted by Gasteiger charge is 2.36. The van der Waals surface area contributed by atoms with Crippen LogP contribution < -0.4 is 10.6 Å². The molecule has 8 heteroatoms. The fraction of sp³-hybridized carbons (Fsp3) is 0.222. The van der Waals surface area contributed by atoms with Crippen molar-refractivity contribution in [3.63, 3.8) is 0 Å². The first-order valence-corrected chi connectivity index (χ1v) is 11.7. The van der Waals surface area contributed by atoms with Gasteiger partial charge in [0.05, 0.1) is 18.4 Å². The third-order valence-corrected chi connectivity index (χ3v) is 6.26. The molecule has 0 radical (unpaired) electrons. The van der Waals surface area contributed by atoms with Crippen LogP contribution in [-0.4, -0.2) is 35.1 Å². The number of hydrazone groups is 1. The van der Waals surface area contributed by atoms with Gasteiger partial charge in [-0.2, -0.15) is 5.10 Å². The van der Waals surface area contributed by atoms with Crippen LogP contribution in [0.3, 0.4) is 0 Å². The molecule has 1 saturated carbocycles. The van der Waals surface area contributed by atoms with Crippen LogP contribution in [0, 0.1) is 0 Å². The number of furan rings is 2. The van der Waals surface area contributed by atoms with Gasteiger partial charge in [0.25, 0.3) is 11.8 Å². The minimum atomic E-state index is -0.379. The number of anilines is 1. The highest BCUT2D eigenvalue weighted by molar-refractivity contribution is 6.04. The van der Waals surface area contributed by atoms with Crippen molar-refractivity contribution in [2.45, 2.75) is 31.3 Å². The van der Waals surface area contributed by atoms with Gasteiger partial charge in [-0.25, -0.2) is 5.01 Å². The minimum Gasteiger partial charge on any atom is -0.467 e. The summed E-state index contributed by atoms with van der Waals surface area (Å²) in [7, 11) is 0. The highest BCUT2D eigenvalue weighted by Crippen LogP contribution is 2.34. The molecule has 2 aromatic carbocycles. The monoisotopic (exact) mass is 468 g/mol. The number of rotatable bonds is 7. The van der Waals surface area contributed by atoms with Crippen molar-refractivity contribution in [1.29, 1.82) is 0 Å². The maximum Gasteiger partial charge on any atom is 0.262 e. The lowest BCUT2D eigenvalue weighted by atomic mass is 10.1. The molecule has 0 spiro atoms. The Hall–Kier alpha value is -4.33. The number of carbonyl (C=O) groups is 2. The molecule has 1 atom stereocenters. The van der Waals surface area contributed by atoms with E-state index < -0.39 is 0 Å². The van der Waals surface area contributed by atoms with Crippen molar-refractivity contribution < 1.29 is 18.4 Å². The summed E-state index contributed by atoms with van der Waals surface area (Å²) in [6, 6.07) is 20.4. The quantitative estimate of drug-likeness (QED) is 0.409. The van der Waals surface area contributed by atoms with Gasteiger partial charge in [-0.05, 0) is 49.2 Å². The van der Waals surface area contributed by atoms with Crippen LogP contribution in [0.4, 0.5) is 5.69 Å². The maximum absolute atomic E-state index is 13.3. The molecule has 0 saturated heterocycles. The summed E-state index contributed by atoms with van der Waals surface area (Å²) in [5, 5.41) is 13.2. The predicted octanol–water partition coefficient (Wildman–Crippen LogP) is 4.71. The molecule has 1 aliphatic heterocycles. The topological polar surface area (TPSA) is 100 Å². The number of benzene rings is 2. The smallest absolute Gasteiger partial charge is 0.262 e. The molecule has 2 aromatic heterocycles. The van der Waals surface area contributed by atoms with Crippen LogP contribution in [0.5, 0.6) is 0 Å². The fourth-order valence-electron chi connectivity index (χ4n) is 4.29. The molecule has 1 aliphatic carbocycles. The van der Waals surface area contributed by atoms with Crippen LogP contribution in [0.2, 0.25) is 0 Å². The van der Waals surface area contributed by atoms with Gasteiger partial charge >= 0.3 is 0 Å². The van der Waals surface area contributed by atoms with Crippen LogP contribution in [0.15, 0.2) is 86.9 Å². The van der Waals surface area contributed by atoms with E-state index in [1.54, 1.807) is 24.5 Å². The molecular weight excluding hydrogens is 444 g/mol. The second-order valence-corrected chi connectivity index (χ2v) is 8.82. The zero-order valence-electron chi connectivity index (χ0n) is 18.9. The first-order chi connectivity index (χ1) is 17.2. The van der Waals surface area contributed by atoms with Crippen molar-refractivity contribution >= 4 is 34.2 Å². The number of nitrogens with one attached hydrogen (secondary N) is 2. The van der Waals surface area contributed by atoms with Gasteiger partial charge in [-0.3, -0.25) is 9.59 Å². The van der Waals surface area contributed by atoms with E-state index in [0.717, 1.165) is 23.8 Å². The molecule has 4 aromatic rings. The molecule has 2 amide bonds. The molecule has 0 bridgehead atoms. The fourth-order valence-corrected chi connectivity index (χ4v) is 4.29. The molecule has 2 N–H and O–H groups in total. The first-order valence-electron chi connectivity index (χ1n) is 11.7. The van der Waals surface area contributed by atoms with Crippen molar-refractivity contribution in [2.75, 3.05) is 11.9 Å². The lowest BCUT2D eigenvalue weighted by Crippen LogP contribution is -2.33. The molecular formula is C27H24N4O4. The summed E-state index contributed by atoms with van der Waals surface area (Å²) in [6.45, 7) is -0.0260. The average Bonchev–Trinajstić information content (AvgIpc) is 3.28. The third kappa shape index (κ3) is 4.30. The zero-order chi connectivity index (χ0) is 23.8. The standard InChI is InChI=1S/C27H24N4O4/c32-26(16-28-20-8-3-2-7-19(20)27(33)29-18-11-12-18)31-22(24-10-5-13-34-24)15-21(30-31)25-14-17-6-1-4-9-23(17)35-25/h1-10,13-14,18,22,28H,11-12,15-16H2,(H,29,33). The SMILES string of the molecule is O=C(NC1CC1)c1ccccc1NCC(=O)N1N=C(c2cc3ccccc3o2)CC1c1ccco1. The highest BCUT2D eigenvalue weighted by atomic mass is 16.3. The Kier molecular flexibility index (Phi) is 5.33. The number of hydrogen-bond donors (Lipinski definition) is 2. The van der Waals surface area contributed by atoms with Crippen LogP contribution >= 0.6 is 0 Å². The van der Waals surface area contributed by atoms with E-state index >= 15 is 0 Å². The minimum absolute atomic E-state index is 0.0260.